The fourth-order valence-corrected chi connectivity index (χ4v) is 7.85. The molecule has 2 aromatic carbocycles. The van der Waals surface area contributed by atoms with Crippen molar-refractivity contribution in [2.45, 2.75) is 78.1 Å². The predicted molar refractivity (Wildman–Crippen MR) is 223 cm³/mol. The smallest absolute Gasteiger partial charge is 0.337 e. The van der Waals surface area contributed by atoms with Gasteiger partial charge in [0.05, 0.1) is 25.3 Å². The maximum atomic E-state index is 12.4. The molecule has 4 N–H and O–H groups in total. The van der Waals surface area contributed by atoms with Crippen LogP contribution in [0.25, 0.3) is 22.3 Å². The van der Waals surface area contributed by atoms with Gasteiger partial charge in [-0.1, -0.05) is 76.6 Å². The summed E-state index contributed by atoms with van der Waals surface area (Å²) in [6, 6.07) is 32.5. The van der Waals surface area contributed by atoms with Crippen LogP contribution in [-0.4, -0.2) is 46.1 Å². The van der Waals surface area contributed by atoms with Crippen LogP contribution in [-0.2, 0) is 9.47 Å². The van der Waals surface area contributed by atoms with Crippen LogP contribution in [0.1, 0.15) is 133 Å². The summed E-state index contributed by atoms with van der Waals surface area (Å²) in [7, 11) is 2.79. The van der Waals surface area contributed by atoms with Crippen molar-refractivity contribution in [3.05, 3.63) is 163 Å². The highest BCUT2D eigenvalue weighted by Gasteiger charge is 2.18. The number of carbonyl (C=O) groups excluding carboxylic acids is 2. The van der Waals surface area contributed by atoms with Gasteiger partial charge in [0.15, 0.2) is 0 Å². The van der Waals surface area contributed by atoms with Gasteiger partial charge in [0.25, 0.3) is 0 Å². The minimum Gasteiger partial charge on any atom is -0.465 e. The van der Waals surface area contributed by atoms with Gasteiger partial charge in [0, 0.05) is 55.3 Å². The van der Waals surface area contributed by atoms with Crippen LogP contribution in [0.15, 0.2) is 97.1 Å². The van der Waals surface area contributed by atoms with Crippen LogP contribution in [0.2, 0.25) is 0 Å². The van der Waals surface area contributed by atoms with Gasteiger partial charge in [-0.05, 0) is 121 Å². The SMILES string of the molecule is CCCCCCC1=c2ccc([nH]2)=C(c2ccc(C(=O)OC)cc2)c2ccc([nH]2)C(c2ccc(C(=O)OC)cc2)=c2ccc([nH]2)=C(CCCCCC)c2ccc1[nH]2. The maximum Gasteiger partial charge on any atom is 0.337 e. The molecule has 56 heavy (non-hydrogen) atoms. The minimum absolute atomic E-state index is 0.374. The Morgan fingerprint density at radius 3 is 1.20 bits per heavy atom. The summed E-state index contributed by atoms with van der Waals surface area (Å²) in [4.78, 5) is 40.1. The second kappa shape index (κ2) is 17.6. The molecule has 0 fully saturated rings. The van der Waals surface area contributed by atoms with Crippen LogP contribution in [0.3, 0.4) is 0 Å². The Morgan fingerprint density at radius 1 is 0.429 bits per heavy atom. The molecule has 0 spiro atoms. The highest BCUT2D eigenvalue weighted by atomic mass is 16.5. The quantitative estimate of drug-likeness (QED) is 0.0675. The molecule has 0 amide bonds. The normalized spacial score (nSPS) is 12.6. The molecule has 1 aliphatic heterocycles. The average molecular weight is 749 g/mol. The zero-order valence-electron chi connectivity index (χ0n) is 32.9. The van der Waals surface area contributed by atoms with E-state index >= 15 is 0 Å². The highest BCUT2D eigenvalue weighted by Crippen LogP contribution is 2.28. The second-order valence-corrected chi connectivity index (χ2v) is 14.6. The summed E-state index contributed by atoms with van der Waals surface area (Å²) in [6.45, 7) is 4.50. The number of H-pyrrole nitrogens is 4. The number of hydrogen-bond acceptors (Lipinski definition) is 4. The summed E-state index contributed by atoms with van der Waals surface area (Å²) in [6.07, 6.45) is 11.3. The van der Waals surface area contributed by atoms with Gasteiger partial charge in [-0.25, -0.2) is 9.59 Å². The Balaban J connectivity index is 1.51. The van der Waals surface area contributed by atoms with Crippen LogP contribution >= 0.6 is 0 Å². The first-order valence-electron chi connectivity index (χ1n) is 20.0. The molecule has 8 nitrogen and oxygen atoms in total. The Hall–Kier alpha value is -6.02. The predicted octanol–water partition coefficient (Wildman–Crippen LogP) is 7.72. The molecule has 7 rings (SSSR count). The van der Waals surface area contributed by atoms with Gasteiger partial charge >= 0.3 is 11.9 Å². The minimum atomic E-state index is -0.374. The molecule has 1 aliphatic rings. The summed E-state index contributed by atoms with van der Waals surface area (Å²) < 4.78 is 10.0. The number of unbranched alkanes of at least 4 members (excludes halogenated alkanes) is 6. The number of aromatic amines is 4. The first-order chi connectivity index (χ1) is 27.4. The lowest BCUT2D eigenvalue weighted by molar-refractivity contribution is 0.0592. The molecule has 0 atom stereocenters. The van der Waals surface area contributed by atoms with Crippen molar-refractivity contribution in [1.29, 1.82) is 0 Å². The van der Waals surface area contributed by atoms with Gasteiger partial charge in [0.1, 0.15) is 0 Å². The van der Waals surface area contributed by atoms with Crippen LogP contribution in [0.5, 0.6) is 0 Å². The Kier molecular flexibility index (Phi) is 12.0. The number of carbonyl (C=O) groups is 2. The molecule has 0 saturated carbocycles. The van der Waals surface area contributed by atoms with E-state index in [-0.39, 0.29) is 11.9 Å². The van der Waals surface area contributed by atoms with Crippen LogP contribution < -0.4 is 21.4 Å². The first kappa shape index (κ1) is 38.3. The van der Waals surface area contributed by atoms with E-state index in [0.717, 1.165) is 92.1 Å². The van der Waals surface area contributed by atoms with Crippen molar-refractivity contribution >= 4 is 34.2 Å². The van der Waals surface area contributed by atoms with Crippen LogP contribution in [0.4, 0.5) is 0 Å². The van der Waals surface area contributed by atoms with Crippen molar-refractivity contribution in [1.82, 2.24) is 19.9 Å². The van der Waals surface area contributed by atoms with Gasteiger partial charge in [-0.15, -0.1) is 0 Å². The zero-order valence-corrected chi connectivity index (χ0v) is 32.9. The lowest BCUT2D eigenvalue weighted by Crippen LogP contribution is -2.18. The van der Waals surface area contributed by atoms with E-state index in [9.17, 15) is 9.59 Å². The van der Waals surface area contributed by atoms with Crippen LogP contribution in [0, 0.1) is 0 Å². The third kappa shape index (κ3) is 8.15. The fraction of sp³-hybridized carbons (Fsp3) is 0.292. The molecule has 0 aliphatic carbocycles. The van der Waals surface area contributed by atoms with Crippen molar-refractivity contribution in [2.75, 3.05) is 14.2 Å². The molecule has 0 saturated heterocycles. The first-order valence-corrected chi connectivity index (χ1v) is 20.0. The second-order valence-electron chi connectivity index (χ2n) is 14.6. The number of rotatable bonds is 14. The van der Waals surface area contributed by atoms with Crippen molar-refractivity contribution < 1.29 is 19.1 Å². The Bertz CT molecular complexity index is 2390. The monoisotopic (exact) mass is 748 g/mol. The van der Waals surface area contributed by atoms with E-state index in [4.69, 9.17) is 9.47 Å². The van der Waals surface area contributed by atoms with Gasteiger partial charge in [-0.2, -0.15) is 0 Å². The summed E-state index contributed by atoms with van der Waals surface area (Å²) in [5.74, 6) is -0.749. The number of benzene rings is 2. The molecule has 6 aromatic rings. The molecule has 8 heteroatoms. The van der Waals surface area contributed by atoms with E-state index < -0.39 is 0 Å². The molecule has 288 valence electrons. The van der Waals surface area contributed by atoms with E-state index in [1.807, 2.05) is 48.5 Å². The number of methoxy groups -OCH3 is 2. The van der Waals surface area contributed by atoms with Crippen molar-refractivity contribution in [3.8, 4) is 0 Å². The summed E-state index contributed by atoms with van der Waals surface area (Å²) >= 11 is 0. The van der Waals surface area contributed by atoms with Crippen molar-refractivity contribution in [3.63, 3.8) is 0 Å². The molecule has 0 unspecified atom stereocenters. The maximum absolute atomic E-state index is 12.4. The number of nitrogens with one attached hydrogen (secondary N) is 4. The fourth-order valence-electron chi connectivity index (χ4n) is 7.85. The topological polar surface area (TPSA) is 116 Å². The average Bonchev–Trinajstić information content (AvgIpc) is 4.08. The molecular formula is C48H52N4O4. The molecular weight excluding hydrogens is 697 g/mol. The molecule has 5 heterocycles. The number of fused-ring (bicyclic) bond motifs is 8. The van der Waals surface area contributed by atoms with E-state index in [0.29, 0.717) is 11.1 Å². The van der Waals surface area contributed by atoms with E-state index in [1.165, 1.54) is 63.9 Å². The third-order valence-corrected chi connectivity index (χ3v) is 10.9. The van der Waals surface area contributed by atoms with Gasteiger partial charge < -0.3 is 29.4 Å². The molecule has 8 bridgehead atoms. The number of esters is 2. The highest BCUT2D eigenvalue weighted by molar-refractivity contribution is 5.91. The largest absolute Gasteiger partial charge is 0.465 e. The lowest BCUT2D eigenvalue weighted by atomic mass is 10.0. The Labute approximate surface area is 328 Å². The standard InChI is InChI=1S/C48H52N4O4/c1-5-7-9-11-13-35-37-23-24-38(49-37)36(14-12-10-8-6-2)40-26-28-42(51-40)46(32-17-21-34(22-18-32)48(54)56-4)44-30-29-43(52-44)45(41-27-25-39(35)50-41)31-15-19-33(20-16-31)47(53)55-3/h15-30,49-52H,5-14H2,1-4H3. The summed E-state index contributed by atoms with van der Waals surface area (Å²) in [5, 5.41) is 4.08. The van der Waals surface area contributed by atoms with E-state index in [2.05, 4.69) is 82.3 Å². The van der Waals surface area contributed by atoms with Gasteiger partial charge in [0.2, 0.25) is 0 Å². The lowest BCUT2D eigenvalue weighted by Gasteiger charge is -2.10. The number of ether oxygens (including phenoxy) is 2. The van der Waals surface area contributed by atoms with Gasteiger partial charge in [-0.3, -0.25) is 0 Å². The zero-order chi connectivity index (χ0) is 39.0. The Morgan fingerprint density at radius 2 is 0.804 bits per heavy atom. The van der Waals surface area contributed by atoms with Crippen molar-refractivity contribution in [2.24, 2.45) is 0 Å². The third-order valence-electron chi connectivity index (χ3n) is 10.9. The van der Waals surface area contributed by atoms with E-state index in [1.54, 1.807) is 0 Å². The number of hydrogen-bond donors (Lipinski definition) is 4. The number of aromatic nitrogens is 4. The summed E-state index contributed by atoms with van der Waals surface area (Å²) in [5.41, 5.74) is 11.4. The molecule has 0 radical (unpaired) electrons. The molecule has 4 aromatic heterocycles.